The molecule has 4 rings (SSSR count). The van der Waals surface area contributed by atoms with Gasteiger partial charge in [-0.15, -0.1) is 0 Å². The van der Waals surface area contributed by atoms with Gasteiger partial charge in [0.05, 0.1) is 29.5 Å². The maximum absolute atomic E-state index is 13.0. The second kappa shape index (κ2) is 7.28. The molecule has 0 unspecified atom stereocenters. The molecule has 1 fully saturated rings. The van der Waals surface area contributed by atoms with E-state index in [0.717, 1.165) is 41.9 Å². The van der Waals surface area contributed by atoms with Gasteiger partial charge >= 0.3 is 0 Å². The normalized spacial score (nSPS) is 15.9. The number of aromatic nitrogens is 3. The molecule has 7 nitrogen and oxygen atoms in total. The Bertz CT molecular complexity index is 1050. The molecule has 0 saturated carbocycles. The van der Waals surface area contributed by atoms with Gasteiger partial charge in [-0.1, -0.05) is 12.5 Å². The summed E-state index contributed by atoms with van der Waals surface area (Å²) >= 11 is 0. The minimum absolute atomic E-state index is 0.386. The van der Waals surface area contributed by atoms with Crippen molar-refractivity contribution < 1.29 is 8.42 Å². The number of nitrogens with one attached hydrogen (secondary N) is 1. The standard InChI is InChI=1S/C19H23N5O2S/c1-15-5-6-16(11-18(15)27(25,26)23-8-3-2-4-9-23)21-12-17-13-22-19-14-20-7-10-24(17)19/h5-7,10-11,13-14,21H,2-4,8-9,12H2,1H3. The van der Waals surface area contributed by atoms with Gasteiger partial charge in [-0.05, 0) is 37.5 Å². The number of hydrogen-bond donors (Lipinski definition) is 1. The van der Waals surface area contributed by atoms with Crippen LogP contribution in [0.4, 0.5) is 5.69 Å². The summed E-state index contributed by atoms with van der Waals surface area (Å²) in [5, 5.41) is 3.32. The van der Waals surface area contributed by atoms with E-state index in [1.54, 1.807) is 29.0 Å². The van der Waals surface area contributed by atoms with Crippen molar-refractivity contribution in [1.82, 2.24) is 18.7 Å². The Hall–Kier alpha value is -2.45. The van der Waals surface area contributed by atoms with Gasteiger partial charge in [0.2, 0.25) is 10.0 Å². The molecular weight excluding hydrogens is 362 g/mol. The monoisotopic (exact) mass is 385 g/mol. The number of rotatable bonds is 5. The summed E-state index contributed by atoms with van der Waals surface area (Å²) in [6, 6.07) is 5.51. The van der Waals surface area contributed by atoms with Gasteiger partial charge in [-0.25, -0.2) is 13.4 Å². The third-order valence-corrected chi connectivity index (χ3v) is 7.03. The third-order valence-electron chi connectivity index (χ3n) is 4.99. The van der Waals surface area contributed by atoms with Crippen LogP contribution in [0.2, 0.25) is 0 Å². The van der Waals surface area contributed by atoms with E-state index in [1.165, 1.54) is 0 Å². The summed E-state index contributed by atoms with van der Waals surface area (Å²) in [6.45, 7) is 3.60. The van der Waals surface area contributed by atoms with Crippen molar-refractivity contribution in [3.8, 4) is 0 Å². The lowest BCUT2D eigenvalue weighted by Crippen LogP contribution is -2.36. The number of sulfonamides is 1. The molecule has 0 amide bonds. The summed E-state index contributed by atoms with van der Waals surface area (Å²) in [5.41, 5.74) is 3.31. The lowest BCUT2D eigenvalue weighted by molar-refractivity contribution is 0.346. The summed E-state index contributed by atoms with van der Waals surface area (Å²) in [4.78, 5) is 8.77. The Balaban J connectivity index is 1.57. The lowest BCUT2D eigenvalue weighted by atomic mass is 10.2. The molecule has 0 atom stereocenters. The molecule has 2 aromatic heterocycles. The topological polar surface area (TPSA) is 79.6 Å². The molecule has 1 N–H and O–H groups in total. The molecular formula is C19H23N5O2S. The van der Waals surface area contributed by atoms with Crippen LogP contribution < -0.4 is 5.32 Å². The minimum atomic E-state index is -3.45. The zero-order valence-corrected chi connectivity index (χ0v) is 16.1. The SMILES string of the molecule is Cc1ccc(NCc2cnc3cnccn23)cc1S(=O)(=O)N1CCCCC1. The van der Waals surface area contributed by atoms with Crippen LogP contribution in [0.25, 0.3) is 5.65 Å². The van der Waals surface area contributed by atoms with Crippen LogP contribution in [-0.4, -0.2) is 40.2 Å². The molecule has 1 aliphatic rings. The van der Waals surface area contributed by atoms with Gasteiger partial charge in [0.1, 0.15) is 0 Å². The van der Waals surface area contributed by atoms with Crippen molar-refractivity contribution in [2.24, 2.45) is 0 Å². The highest BCUT2D eigenvalue weighted by atomic mass is 32.2. The highest BCUT2D eigenvalue weighted by Crippen LogP contribution is 2.26. The first kappa shape index (κ1) is 17.9. The molecule has 0 bridgehead atoms. The molecule has 0 spiro atoms. The van der Waals surface area contributed by atoms with Crippen LogP contribution in [0.5, 0.6) is 0 Å². The van der Waals surface area contributed by atoms with Gasteiger partial charge in [-0.2, -0.15) is 4.31 Å². The molecule has 8 heteroatoms. The average molecular weight is 385 g/mol. The van der Waals surface area contributed by atoms with Crippen LogP contribution >= 0.6 is 0 Å². The highest BCUT2D eigenvalue weighted by molar-refractivity contribution is 7.89. The Labute approximate surface area is 159 Å². The second-order valence-corrected chi connectivity index (χ2v) is 8.76. The summed E-state index contributed by atoms with van der Waals surface area (Å²) in [6.07, 6.45) is 10.0. The number of piperidine rings is 1. The molecule has 0 aliphatic carbocycles. The van der Waals surface area contributed by atoms with E-state index in [1.807, 2.05) is 29.7 Å². The van der Waals surface area contributed by atoms with Crippen molar-refractivity contribution in [2.45, 2.75) is 37.6 Å². The summed E-state index contributed by atoms with van der Waals surface area (Å²) in [5.74, 6) is 0. The summed E-state index contributed by atoms with van der Waals surface area (Å²) in [7, 11) is -3.45. The zero-order chi connectivity index (χ0) is 18.9. The largest absolute Gasteiger partial charge is 0.379 e. The van der Waals surface area contributed by atoms with Crippen molar-refractivity contribution in [3.63, 3.8) is 0 Å². The highest BCUT2D eigenvalue weighted by Gasteiger charge is 2.27. The van der Waals surface area contributed by atoms with Gasteiger partial charge in [0.25, 0.3) is 0 Å². The molecule has 1 aliphatic heterocycles. The molecule has 3 aromatic rings. The molecule has 3 heterocycles. The van der Waals surface area contributed by atoms with Gasteiger partial charge in [0.15, 0.2) is 5.65 Å². The van der Waals surface area contributed by atoms with E-state index >= 15 is 0 Å². The fourth-order valence-corrected chi connectivity index (χ4v) is 5.22. The van der Waals surface area contributed by atoms with Crippen molar-refractivity contribution in [3.05, 3.63) is 54.2 Å². The van der Waals surface area contributed by atoms with Gasteiger partial charge in [0, 0.05) is 31.2 Å². The Morgan fingerprint density at radius 3 is 2.78 bits per heavy atom. The maximum Gasteiger partial charge on any atom is 0.243 e. The van der Waals surface area contributed by atoms with E-state index in [-0.39, 0.29) is 0 Å². The van der Waals surface area contributed by atoms with E-state index in [9.17, 15) is 8.42 Å². The van der Waals surface area contributed by atoms with Crippen LogP contribution in [0, 0.1) is 6.92 Å². The molecule has 1 aromatic carbocycles. The first-order valence-corrected chi connectivity index (χ1v) is 10.6. The number of benzene rings is 1. The van der Waals surface area contributed by atoms with Crippen molar-refractivity contribution >= 4 is 21.4 Å². The van der Waals surface area contributed by atoms with Gasteiger partial charge < -0.3 is 5.32 Å². The Morgan fingerprint density at radius 1 is 1.15 bits per heavy atom. The smallest absolute Gasteiger partial charge is 0.243 e. The average Bonchev–Trinajstić information content (AvgIpc) is 3.11. The van der Waals surface area contributed by atoms with E-state index in [2.05, 4.69) is 15.3 Å². The summed E-state index contributed by atoms with van der Waals surface area (Å²) < 4.78 is 29.7. The first-order valence-electron chi connectivity index (χ1n) is 9.16. The van der Waals surface area contributed by atoms with E-state index < -0.39 is 10.0 Å². The number of fused-ring (bicyclic) bond motifs is 1. The van der Waals surface area contributed by atoms with Crippen molar-refractivity contribution in [1.29, 1.82) is 0 Å². The zero-order valence-electron chi connectivity index (χ0n) is 15.3. The molecule has 27 heavy (non-hydrogen) atoms. The molecule has 142 valence electrons. The fourth-order valence-electron chi connectivity index (χ4n) is 3.45. The predicted octanol–water partition coefficient (Wildman–Crippen LogP) is 2.82. The number of nitrogens with zero attached hydrogens (tertiary/aromatic N) is 4. The van der Waals surface area contributed by atoms with Crippen LogP contribution in [0.3, 0.4) is 0 Å². The number of aryl methyl sites for hydroxylation is 1. The quantitative estimate of drug-likeness (QED) is 0.731. The molecule has 1 saturated heterocycles. The minimum Gasteiger partial charge on any atom is -0.379 e. The van der Waals surface area contributed by atoms with Crippen molar-refractivity contribution in [2.75, 3.05) is 18.4 Å². The second-order valence-electron chi connectivity index (χ2n) is 6.85. The van der Waals surface area contributed by atoms with Crippen LogP contribution in [0.1, 0.15) is 30.5 Å². The van der Waals surface area contributed by atoms with Crippen LogP contribution in [-0.2, 0) is 16.6 Å². The lowest BCUT2D eigenvalue weighted by Gasteiger charge is -2.26. The first-order chi connectivity index (χ1) is 13.1. The van der Waals surface area contributed by atoms with E-state index in [4.69, 9.17) is 0 Å². The maximum atomic E-state index is 13.0. The molecule has 0 radical (unpaired) electrons. The Morgan fingerprint density at radius 2 is 1.96 bits per heavy atom. The third kappa shape index (κ3) is 3.54. The predicted molar refractivity (Wildman–Crippen MR) is 104 cm³/mol. The Kier molecular flexibility index (Phi) is 4.84. The van der Waals surface area contributed by atoms with Gasteiger partial charge in [-0.3, -0.25) is 9.38 Å². The number of imidazole rings is 1. The number of anilines is 1. The fraction of sp³-hybridized carbons (Fsp3) is 0.368. The van der Waals surface area contributed by atoms with Crippen LogP contribution in [0.15, 0.2) is 47.9 Å². The van der Waals surface area contributed by atoms with E-state index in [0.29, 0.717) is 24.5 Å². The number of hydrogen-bond acceptors (Lipinski definition) is 5.